The fourth-order valence-corrected chi connectivity index (χ4v) is 0.871. The molecule has 0 atom stereocenters. The zero-order valence-electron chi connectivity index (χ0n) is 6.47. The Kier molecular flexibility index (Phi) is 2.83. The van der Waals surface area contributed by atoms with Gasteiger partial charge in [-0.1, -0.05) is 0 Å². The molecular weight excluding hydrogens is 177 g/mol. The van der Waals surface area contributed by atoms with Crippen LogP contribution in [0.3, 0.4) is 0 Å². The number of rotatable bonds is 3. The van der Waals surface area contributed by atoms with Gasteiger partial charge in [-0.3, -0.25) is 4.98 Å². The lowest BCUT2D eigenvalue weighted by Crippen LogP contribution is -2.20. The topological polar surface area (TPSA) is 56.3 Å². The molecule has 1 heterocycles. The summed E-state index contributed by atoms with van der Waals surface area (Å²) in [5, 5.41) is 0. The molecule has 63 valence electrons. The van der Waals surface area contributed by atoms with Gasteiger partial charge in [-0.15, -0.1) is 0 Å². The van der Waals surface area contributed by atoms with Crippen LogP contribution in [0.15, 0.2) is 24.5 Å². The van der Waals surface area contributed by atoms with E-state index in [0.29, 0.717) is 5.46 Å². The highest BCUT2D eigenvalue weighted by molar-refractivity contribution is 7.86. The van der Waals surface area contributed by atoms with E-state index in [-0.39, 0.29) is 0 Å². The Hall–Kier alpha value is -0.875. The molecule has 0 saturated heterocycles. The summed E-state index contributed by atoms with van der Waals surface area (Å²) in [4.78, 5) is 3.76. The molecule has 0 spiro atoms. The number of nitrogens with zero attached hydrogens (tertiary/aromatic N) is 1. The molecule has 0 unspecified atom stereocenters. The van der Waals surface area contributed by atoms with Crippen LogP contribution in [0.5, 0.6) is 0 Å². The second kappa shape index (κ2) is 3.69. The van der Waals surface area contributed by atoms with E-state index in [4.69, 9.17) is 0 Å². The summed E-state index contributed by atoms with van der Waals surface area (Å²) in [5.74, 6) is 0. The van der Waals surface area contributed by atoms with Gasteiger partial charge in [0, 0.05) is 12.4 Å². The Morgan fingerprint density at radius 1 is 1.42 bits per heavy atom. The number of pyridine rings is 1. The van der Waals surface area contributed by atoms with Crippen molar-refractivity contribution in [3.63, 3.8) is 0 Å². The van der Waals surface area contributed by atoms with Gasteiger partial charge in [0.2, 0.25) is 0 Å². The fraction of sp³-hybridized carbons (Fsp3) is 0.167. The molecular formula is C6H7BNO3S. The highest BCUT2D eigenvalue weighted by Gasteiger charge is 2.04. The van der Waals surface area contributed by atoms with E-state index in [2.05, 4.69) is 9.08 Å². The molecule has 0 amide bonds. The van der Waals surface area contributed by atoms with Gasteiger partial charge in [-0.25, -0.2) is 8.42 Å². The second-order valence-corrected chi connectivity index (χ2v) is 3.80. The van der Waals surface area contributed by atoms with Crippen molar-refractivity contribution in [1.29, 1.82) is 0 Å². The number of hydrogen-bond acceptors (Lipinski definition) is 4. The number of hydrogen-bond donors (Lipinski definition) is 0. The van der Waals surface area contributed by atoms with E-state index in [1.54, 1.807) is 24.5 Å². The summed E-state index contributed by atoms with van der Waals surface area (Å²) >= 11 is 0. The smallest absolute Gasteiger partial charge is 0.333 e. The van der Waals surface area contributed by atoms with Crippen LogP contribution in [-0.4, -0.2) is 27.1 Å². The van der Waals surface area contributed by atoms with Crippen LogP contribution in [0.25, 0.3) is 0 Å². The minimum absolute atomic E-state index is 0.662. The minimum Gasteiger partial charge on any atom is -0.333 e. The van der Waals surface area contributed by atoms with E-state index < -0.39 is 10.1 Å². The third-order valence-corrected chi connectivity index (χ3v) is 1.51. The van der Waals surface area contributed by atoms with Crippen molar-refractivity contribution in [2.75, 3.05) is 6.26 Å². The van der Waals surface area contributed by atoms with Crippen LogP contribution in [0.4, 0.5) is 0 Å². The third kappa shape index (κ3) is 3.50. The molecule has 0 fully saturated rings. The summed E-state index contributed by atoms with van der Waals surface area (Å²) in [6.07, 6.45) is 4.10. The van der Waals surface area contributed by atoms with Crippen molar-refractivity contribution in [2.45, 2.75) is 0 Å². The zero-order valence-corrected chi connectivity index (χ0v) is 7.28. The van der Waals surface area contributed by atoms with Crippen molar-refractivity contribution < 1.29 is 12.5 Å². The molecule has 0 N–H and O–H groups in total. The zero-order chi connectivity index (χ0) is 9.03. The predicted octanol–water partition coefficient (Wildman–Crippen LogP) is -0.698. The monoisotopic (exact) mass is 184 g/mol. The van der Waals surface area contributed by atoms with Crippen LogP contribution in [0, 0.1) is 0 Å². The van der Waals surface area contributed by atoms with E-state index in [9.17, 15) is 8.42 Å². The van der Waals surface area contributed by atoms with E-state index in [1.165, 1.54) is 0 Å². The maximum atomic E-state index is 10.5. The molecule has 1 radical (unpaired) electrons. The highest BCUT2D eigenvalue weighted by Crippen LogP contribution is 1.84. The Balaban J connectivity index is 2.56. The molecule has 6 heteroatoms. The van der Waals surface area contributed by atoms with Crippen LogP contribution in [-0.2, 0) is 14.2 Å². The van der Waals surface area contributed by atoms with Crippen molar-refractivity contribution >= 4 is 23.1 Å². The minimum atomic E-state index is -3.40. The lowest BCUT2D eigenvalue weighted by Gasteiger charge is -1.97. The molecule has 4 nitrogen and oxygen atoms in total. The standard InChI is InChI=1S/C6H7BNO3S/c1-12(9,10)11-7-6-2-4-8-5-3-6/h2-5H,1H3. The van der Waals surface area contributed by atoms with Crippen LogP contribution in [0.1, 0.15) is 0 Å². The molecule has 0 aliphatic heterocycles. The van der Waals surface area contributed by atoms with E-state index >= 15 is 0 Å². The van der Waals surface area contributed by atoms with E-state index in [0.717, 1.165) is 13.7 Å². The molecule has 1 rings (SSSR count). The average molecular weight is 184 g/mol. The molecule has 0 saturated carbocycles. The first-order valence-corrected chi connectivity index (χ1v) is 5.01. The average Bonchev–Trinajstić information content (AvgIpc) is 2.02. The van der Waals surface area contributed by atoms with Crippen molar-refractivity contribution in [3.8, 4) is 0 Å². The first-order chi connectivity index (χ1) is 5.58. The molecule has 0 bridgehead atoms. The Morgan fingerprint density at radius 2 is 2.00 bits per heavy atom. The first-order valence-electron chi connectivity index (χ1n) is 3.19. The van der Waals surface area contributed by atoms with Crippen LogP contribution < -0.4 is 5.46 Å². The highest BCUT2D eigenvalue weighted by atomic mass is 32.2. The predicted molar refractivity (Wildman–Crippen MR) is 45.6 cm³/mol. The van der Waals surface area contributed by atoms with Gasteiger partial charge >= 0.3 is 7.48 Å². The molecule has 0 aromatic carbocycles. The van der Waals surface area contributed by atoms with Crippen LogP contribution >= 0.6 is 0 Å². The SMILES string of the molecule is CS(=O)(=O)O[B]c1ccncc1. The Labute approximate surface area is 72.0 Å². The van der Waals surface area contributed by atoms with Crippen molar-refractivity contribution in [1.82, 2.24) is 4.98 Å². The van der Waals surface area contributed by atoms with Gasteiger partial charge in [0.05, 0.1) is 6.26 Å². The summed E-state index contributed by atoms with van der Waals surface area (Å²) in [5.41, 5.74) is 0.662. The molecule has 0 aliphatic rings. The maximum absolute atomic E-state index is 10.5. The summed E-state index contributed by atoms with van der Waals surface area (Å²) in [6, 6.07) is 3.29. The third-order valence-electron chi connectivity index (χ3n) is 1.07. The van der Waals surface area contributed by atoms with E-state index in [1.807, 2.05) is 0 Å². The molecule has 1 aromatic rings. The summed E-state index contributed by atoms with van der Waals surface area (Å²) in [7, 11) is -2.23. The van der Waals surface area contributed by atoms with Gasteiger partial charge < -0.3 is 4.10 Å². The van der Waals surface area contributed by atoms with Crippen molar-refractivity contribution in [2.24, 2.45) is 0 Å². The quantitative estimate of drug-likeness (QED) is 0.583. The number of aromatic nitrogens is 1. The maximum Gasteiger partial charge on any atom is 0.357 e. The Bertz CT molecular complexity index is 337. The second-order valence-electron chi connectivity index (χ2n) is 2.20. The van der Waals surface area contributed by atoms with Gasteiger partial charge in [-0.2, -0.15) is 0 Å². The van der Waals surface area contributed by atoms with Gasteiger partial charge in [0.1, 0.15) is 0 Å². The molecule has 1 aromatic heterocycles. The van der Waals surface area contributed by atoms with Crippen molar-refractivity contribution in [3.05, 3.63) is 24.5 Å². The molecule has 12 heavy (non-hydrogen) atoms. The molecule has 0 aliphatic carbocycles. The first kappa shape index (κ1) is 9.21. The van der Waals surface area contributed by atoms with Crippen LogP contribution in [0.2, 0.25) is 0 Å². The largest absolute Gasteiger partial charge is 0.357 e. The lowest BCUT2D eigenvalue weighted by atomic mass is 9.90. The normalized spacial score (nSPS) is 11.1. The van der Waals surface area contributed by atoms with Gasteiger partial charge in [-0.05, 0) is 17.6 Å². The van der Waals surface area contributed by atoms with Gasteiger partial charge in [0.15, 0.2) is 0 Å². The summed E-state index contributed by atoms with van der Waals surface area (Å²) < 4.78 is 25.5. The lowest BCUT2D eigenvalue weighted by molar-refractivity contribution is 0.511. The Morgan fingerprint density at radius 3 is 2.50 bits per heavy atom. The fourth-order valence-electron chi connectivity index (χ4n) is 0.585. The van der Waals surface area contributed by atoms with Gasteiger partial charge in [0.25, 0.3) is 10.1 Å². The summed E-state index contributed by atoms with van der Waals surface area (Å²) in [6.45, 7) is 0.